The lowest BCUT2D eigenvalue weighted by atomic mass is 10.1. The van der Waals surface area contributed by atoms with Crippen molar-refractivity contribution in [3.05, 3.63) is 41.6 Å². The predicted molar refractivity (Wildman–Crippen MR) is 105 cm³/mol. The maximum absolute atomic E-state index is 12.6. The molecule has 0 bridgehead atoms. The van der Waals surface area contributed by atoms with Crippen LogP contribution in [0.25, 0.3) is 0 Å². The Morgan fingerprint density at radius 1 is 1.35 bits per heavy atom. The number of hydrogen-bond donors (Lipinski definition) is 2. The first-order valence-electron chi connectivity index (χ1n) is 8.82. The summed E-state index contributed by atoms with van der Waals surface area (Å²) in [5.74, 6) is 1.39. The Balaban J connectivity index is 0.00000243. The third-order valence-electron chi connectivity index (χ3n) is 4.84. The number of methoxy groups -OCH3 is 1. The van der Waals surface area contributed by atoms with Crippen LogP contribution in [0, 0.1) is 6.92 Å². The molecular formula is C19H27ClN4O2. The molecule has 1 aromatic heterocycles. The summed E-state index contributed by atoms with van der Waals surface area (Å²) in [5, 5.41) is 7.45. The third-order valence-corrected chi connectivity index (χ3v) is 4.84. The second kappa shape index (κ2) is 9.05. The minimum absolute atomic E-state index is 0. The predicted octanol–water partition coefficient (Wildman–Crippen LogP) is 3.25. The average Bonchev–Trinajstić information content (AvgIpc) is 3.26. The molecule has 26 heavy (non-hydrogen) atoms. The van der Waals surface area contributed by atoms with E-state index in [0.29, 0.717) is 12.5 Å². The summed E-state index contributed by atoms with van der Waals surface area (Å²) in [6, 6.07) is 7.37. The first kappa shape index (κ1) is 20.3. The Labute approximate surface area is 160 Å². The van der Waals surface area contributed by atoms with E-state index >= 15 is 0 Å². The molecule has 7 heteroatoms. The number of aromatic nitrogens is 2. The van der Waals surface area contributed by atoms with Crippen molar-refractivity contribution in [2.24, 2.45) is 5.73 Å². The number of nitrogens with two attached hydrogens (primary N) is 1. The highest BCUT2D eigenvalue weighted by Crippen LogP contribution is 2.32. The second-order valence-corrected chi connectivity index (χ2v) is 6.71. The number of ether oxygens (including phenoxy) is 1. The fourth-order valence-corrected chi connectivity index (χ4v) is 3.35. The number of benzene rings is 1. The van der Waals surface area contributed by atoms with Crippen LogP contribution in [0.2, 0.25) is 0 Å². The molecule has 1 atom stereocenters. The van der Waals surface area contributed by atoms with Gasteiger partial charge in [-0.25, -0.2) is 4.68 Å². The van der Waals surface area contributed by atoms with Gasteiger partial charge >= 0.3 is 0 Å². The summed E-state index contributed by atoms with van der Waals surface area (Å²) < 4.78 is 7.11. The highest BCUT2D eigenvalue weighted by Gasteiger charge is 2.23. The van der Waals surface area contributed by atoms with Crippen molar-refractivity contribution in [3.8, 4) is 5.75 Å². The van der Waals surface area contributed by atoms with Gasteiger partial charge in [0.2, 0.25) is 5.91 Å². The SMILES string of the molecule is COc1ccc(C[C@H](N)C(=O)Nc2c(C)cnn2C2CCCC2)cc1.Cl. The van der Waals surface area contributed by atoms with Gasteiger partial charge in [0.15, 0.2) is 0 Å². The molecular weight excluding hydrogens is 352 g/mol. The molecule has 0 unspecified atom stereocenters. The van der Waals surface area contributed by atoms with Crippen LogP contribution >= 0.6 is 12.4 Å². The lowest BCUT2D eigenvalue weighted by Gasteiger charge is -2.17. The number of halogens is 1. The van der Waals surface area contributed by atoms with E-state index in [1.54, 1.807) is 7.11 Å². The number of nitrogens with zero attached hydrogens (tertiary/aromatic N) is 2. The van der Waals surface area contributed by atoms with E-state index in [1.807, 2.05) is 42.1 Å². The van der Waals surface area contributed by atoms with Crippen LogP contribution in [0.1, 0.15) is 42.9 Å². The number of anilines is 1. The molecule has 1 aliphatic carbocycles. The number of carbonyl (C=O) groups is 1. The Hall–Kier alpha value is -2.05. The number of amides is 1. The zero-order valence-corrected chi connectivity index (χ0v) is 16.1. The van der Waals surface area contributed by atoms with Gasteiger partial charge in [-0.2, -0.15) is 5.10 Å². The Morgan fingerprint density at radius 3 is 2.62 bits per heavy atom. The smallest absolute Gasteiger partial charge is 0.242 e. The van der Waals surface area contributed by atoms with Gasteiger partial charge in [0.25, 0.3) is 0 Å². The van der Waals surface area contributed by atoms with Crippen LogP contribution < -0.4 is 15.8 Å². The maximum atomic E-state index is 12.6. The molecule has 1 fully saturated rings. The molecule has 1 saturated carbocycles. The van der Waals surface area contributed by atoms with Crippen LogP contribution in [-0.4, -0.2) is 28.8 Å². The van der Waals surface area contributed by atoms with Gasteiger partial charge < -0.3 is 15.8 Å². The molecule has 2 aromatic rings. The van der Waals surface area contributed by atoms with Crippen LogP contribution in [0.4, 0.5) is 5.82 Å². The molecule has 1 aliphatic rings. The van der Waals surface area contributed by atoms with Crippen LogP contribution in [0.15, 0.2) is 30.5 Å². The quantitative estimate of drug-likeness (QED) is 0.808. The molecule has 0 spiro atoms. The molecule has 0 radical (unpaired) electrons. The van der Waals surface area contributed by atoms with Gasteiger partial charge in [0.05, 0.1) is 25.4 Å². The minimum Gasteiger partial charge on any atom is -0.497 e. The van der Waals surface area contributed by atoms with E-state index in [2.05, 4.69) is 10.4 Å². The number of carbonyl (C=O) groups excluding carboxylic acids is 1. The van der Waals surface area contributed by atoms with Crippen LogP contribution in [0.3, 0.4) is 0 Å². The zero-order valence-electron chi connectivity index (χ0n) is 15.3. The van der Waals surface area contributed by atoms with E-state index in [-0.39, 0.29) is 18.3 Å². The molecule has 1 aromatic carbocycles. The molecule has 0 aliphatic heterocycles. The monoisotopic (exact) mass is 378 g/mol. The summed E-state index contributed by atoms with van der Waals surface area (Å²) in [6.07, 6.45) is 6.95. The zero-order chi connectivity index (χ0) is 17.8. The normalized spacial score (nSPS) is 15.3. The summed E-state index contributed by atoms with van der Waals surface area (Å²) in [7, 11) is 1.63. The minimum atomic E-state index is -0.611. The molecule has 3 N–H and O–H groups in total. The van der Waals surface area contributed by atoms with Gasteiger partial charge in [0.1, 0.15) is 11.6 Å². The van der Waals surface area contributed by atoms with Crippen molar-refractivity contribution in [1.82, 2.24) is 9.78 Å². The van der Waals surface area contributed by atoms with Crippen molar-refractivity contribution in [3.63, 3.8) is 0 Å². The first-order valence-corrected chi connectivity index (χ1v) is 8.82. The highest BCUT2D eigenvalue weighted by atomic mass is 35.5. The van der Waals surface area contributed by atoms with Gasteiger partial charge in [-0.3, -0.25) is 4.79 Å². The van der Waals surface area contributed by atoms with Crippen molar-refractivity contribution in [2.45, 2.75) is 51.1 Å². The van der Waals surface area contributed by atoms with Crippen LogP contribution in [0.5, 0.6) is 5.75 Å². The molecule has 3 rings (SSSR count). The average molecular weight is 379 g/mol. The van der Waals surface area contributed by atoms with E-state index in [0.717, 1.165) is 35.5 Å². The second-order valence-electron chi connectivity index (χ2n) is 6.71. The molecule has 1 amide bonds. The summed E-state index contributed by atoms with van der Waals surface area (Å²) in [5.41, 5.74) is 8.09. The van der Waals surface area contributed by atoms with Gasteiger partial charge in [-0.15, -0.1) is 12.4 Å². The summed E-state index contributed by atoms with van der Waals surface area (Å²) in [4.78, 5) is 12.6. The lowest BCUT2D eigenvalue weighted by molar-refractivity contribution is -0.117. The van der Waals surface area contributed by atoms with Crippen molar-refractivity contribution >= 4 is 24.1 Å². The first-order chi connectivity index (χ1) is 12.1. The molecule has 142 valence electrons. The highest BCUT2D eigenvalue weighted by molar-refractivity contribution is 5.94. The molecule has 1 heterocycles. The van der Waals surface area contributed by atoms with E-state index in [9.17, 15) is 4.79 Å². The van der Waals surface area contributed by atoms with Gasteiger partial charge in [0, 0.05) is 5.56 Å². The van der Waals surface area contributed by atoms with E-state index in [1.165, 1.54) is 12.8 Å². The number of nitrogens with one attached hydrogen (secondary N) is 1. The topological polar surface area (TPSA) is 82.2 Å². The van der Waals surface area contributed by atoms with E-state index < -0.39 is 6.04 Å². The summed E-state index contributed by atoms with van der Waals surface area (Å²) >= 11 is 0. The molecule has 6 nitrogen and oxygen atoms in total. The Bertz CT molecular complexity index is 724. The van der Waals surface area contributed by atoms with Crippen molar-refractivity contribution in [2.75, 3.05) is 12.4 Å². The van der Waals surface area contributed by atoms with Crippen LogP contribution in [-0.2, 0) is 11.2 Å². The molecule has 0 saturated heterocycles. The van der Waals surface area contributed by atoms with Gasteiger partial charge in [-0.1, -0.05) is 25.0 Å². The van der Waals surface area contributed by atoms with E-state index in [4.69, 9.17) is 10.5 Å². The standard InChI is InChI=1S/C19H26N4O2.ClH/c1-13-12-21-23(15-5-3-4-6-15)18(13)22-19(24)17(20)11-14-7-9-16(25-2)10-8-14;/h7-10,12,15,17H,3-6,11,20H2,1-2H3,(H,22,24);1H/t17-;/m0./s1. The number of rotatable bonds is 6. The summed E-state index contributed by atoms with van der Waals surface area (Å²) in [6.45, 7) is 1.96. The Kier molecular flexibility index (Phi) is 7.06. The van der Waals surface area contributed by atoms with Gasteiger partial charge in [-0.05, 0) is 43.9 Å². The van der Waals surface area contributed by atoms with Crippen molar-refractivity contribution < 1.29 is 9.53 Å². The third kappa shape index (κ3) is 4.56. The fraction of sp³-hybridized carbons (Fsp3) is 0.474. The fourth-order valence-electron chi connectivity index (χ4n) is 3.35. The maximum Gasteiger partial charge on any atom is 0.242 e. The Morgan fingerprint density at radius 2 is 2.00 bits per heavy atom. The number of hydrogen-bond acceptors (Lipinski definition) is 4. The van der Waals surface area contributed by atoms with Crippen molar-refractivity contribution in [1.29, 1.82) is 0 Å². The number of aryl methyl sites for hydroxylation is 1. The largest absolute Gasteiger partial charge is 0.497 e. The lowest BCUT2D eigenvalue weighted by Crippen LogP contribution is -2.38.